The smallest absolute Gasteiger partial charge is 0.330 e. The Morgan fingerprint density at radius 3 is 2.94 bits per heavy atom. The molecule has 1 aromatic heterocycles. The molecule has 2 rings (SSSR count). The molecule has 0 saturated heterocycles. The molecule has 0 amide bonds. The number of esters is 1. The Morgan fingerprint density at radius 1 is 1.50 bits per heavy atom. The SMILES string of the molecule is COC(=O)C(N)c1cc2cc(F)ccc2o1. The highest BCUT2D eigenvalue weighted by Crippen LogP contribution is 2.24. The number of hydrogen-bond donors (Lipinski definition) is 1. The number of hydrogen-bond acceptors (Lipinski definition) is 4. The summed E-state index contributed by atoms with van der Waals surface area (Å²) in [4.78, 5) is 11.2. The van der Waals surface area contributed by atoms with Crippen LogP contribution in [0.3, 0.4) is 0 Å². The minimum atomic E-state index is -0.986. The number of carbonyl (C=O) groups is 1. The van der Waals surface area contributed by atoms with Gasteiger partial charge in [-0.1, -0.05) is 0 Å². The van der Waals surface area contributed by atoms with Gasteiger partial charge in [-0.25, -0.2) is 9.18 Å². The number of nitrogens with two attached hydrogens (primary N) is 1. The molecule has 2 N–H and O–H groups in total. The van der Waals surface area contributed by atoms with Crippen molar-refractivity contribution < 1.29 is 18.3 Å². The van der Waals surface area contributed by atoms with Crippen LogP contribution in [0.2, 0.25) is 0 Å². The number of methoxy groups -OCH3 is 1. The number of benzene rings is 1. The van der Waals surface area contributed by atoms with E-state index >= 15 is 0 Å². The van der Waals surface area contributed by atoms with Crippen LogP contribution >= 0.6 is 0 Å². The third-order valence-electron chi connectivity index (χ3n) is 2.26. The van der Waals surface area contributed by atoms with E-state index in [2.05, 4.69) is 4.74 Å². The average molecular weight is 223 g/mol. The summed E-state index contributed by atoms with van der Waals surface area (Å²) >= 11 is 0. The Kier molecular flexibility index (Phi) is 2.62. The maximum absolute atomic E-state index is 12.9. The largest absolute Gasteiger partial charge is 0.468 e. The zero-order chi connectivity index (χ0) is 11.7. The van der Waals surface area contributed by atoms with E-state index in [9.17, 15) is 9.18 Å². The molecule has 0 bridgehead atoms. The molecule has 5 heteroatoms. The van der Waals surface area contributed by atoms with Gasteiger partial charge in [-0.2, -0.15) is 0 Å². The highest BCUT2D eigenvalue weighted by atomic mass is 19.1. The quantitative estimate of drug-likeness (QED) is 0.787. The number of ether oxygens (including phenoxy) is 1. The van der Waals surface area contributed by atoms with Crippen molar-refractivity contribution in [2.75, 3.05) is 7.11 Å². The Morgan fingerprint density at radius 2 is 2.25 bits per heavy atom. The molecule has 1 heterocycles. The predicted molar refractivity (Wildman–Crippen MR) is 55.1 cm³/mol. The van der Waals surface area contributed by atoms with E-state index in [-0.39, 0.29) is 11.6 Å². The molecule has 2 aromatic rings. The maximum atomic E-state index is 12.9. The van der Waals surface area contributed by atoms with Crippen molar-refractivity contribution in [3.63, 3.8) is 0 Å². The number of fused-ring (bicyclic) bond motifs is 1. The minimum absolute atomic E-state index is 0.257. The van der Waals surface area contributed by atoms with Crippen LogP contribution in [0.4, 0.5) is 4.39 Å². The molecule has 4 nitrogen and oxygen atoms in total. The number of rotatable bonds is 2. The van der Waals surface area contributed by atoms with E-state index in [0.717, 1.165) is 0 Å². The van der Waals surface area contributed by atoms with Crippen LogP contribution in [-0.2, 0) is 9.53 Å². The van der Waals surface area contributed by atoms with Crippen molar-refractivity contribution >= 4 is 16.9 Å². The van der Waals surface area contributed by atoms with Gasteiger partial charge < -0.3 is 14.9 Å². The van der Waals surface area contributed by atoms with Gasteiger partial charge >= 0.3 is 5.97 Å². The average Bonchev–Trinajstić information content (AvgIpc) is 2.69. The van der Waals surface area contributed by atoms with Crippen molar-refractivity contribution in [1.29, 1.82) is 0 Å². The summed E-state index contributed by atoms with van der Waals surface area (Å²) in [6, 6.07) is 4.62. The second kappa shape index (κ2) is 3.94. The highest BCUT2D eigenvalue weighted by Gasteiger charge is 2.20. The van der Waals surface area contributed by atoms with Gasteiger partial charge in [0.05, 0.1) is 7.11 Å². The normalized spacial score (nSPS) is 12.7. The van der Waals surface area contributed by atoms with E-state index in [1.54, 1.807) is 0 Å². The third kappa shape index (κ3) is 1.77. The first-order chi connectivity index (χ1) is 7.61. The summed E-state index contributed by atoms with van der Waals surface area (Å²) in [6.07, 6.45) is 0. The molecule has 0 radical (unpaired) electrons. The van der Waals surface area contributed by atoms with E-state index in [1.807, 2.05) is 0 Å². The van der Waals surface area contributed by atoms with E-state index in [4.69, 9.17) is 10.2 Å². The summed E-state index contributed by atoms with van der Waals surface area (Å²) in [5.41, 5.74) is 6.07. The molecule has 1 atom stereocenters. The summed E-state index contributed by atoms with van der Waals surface area (Å²) in [6.45, 7) is 0. The van der Waals surface area contributed by atoms with Crippen LogP contribution in [0, 0.1) is 5.82 Å². The lowest BCUT2D eigenvalue weighted by atomic mass is 10.2. The molecular formula is C11H10FNO3. The molecular weight excluding hydrogens is 213 g/mol. The summed E-state index contributed by atoms with van der Waals surface area (Å²) < 4.78 is 22.7. The van der Waals surface area contributed by atoms with Gasteiger partial charge in [-0.3, -0.25) is 0 Å². The monoisotopic (exact) mass is 223 g/mol. The zero-order valence-electron chi connectivity index (χ0n) is 8.57. The second-order valence-corrected chi connectivity index (χ2v) is 3.33. The Bertz CT molecular complexity index is 535. The van der Waals surface area contributed by atoms with Gasteiger partial charge in [0.1, 0.15) is 17.2 Å². The Balaban J connectivity index is 2.43. The van der Waals surface area contributed by atoms with Gasteiger partial charge in [0.15, 0.2) is 6.04 Å². The van der Waals surface area contributed by atoms with E-state index in [1.165, 1.54) is 31.4 Å². The van der Waals surface area contributed by atoms with Crippen molar-refractivity contribution in [3.8, 4) is 0 Å². The predicted octanol–water partition coefficient (Wildman–Crippen LogP) is 1.74. The molecule has 0 aliphatic rings. The first kappa shape index (κ1) is 10.6. The van der Waals surface area contributed by atoms with Crippen LogP contribution < -0.4 is 5.73 Å². The molecule has 0 fully saturated rings. The molecule has 0 spiro atoms. The van der Waals surface area contributed by atoms with E-state index in [0.29, 0.717) is 11.0 Å². The fourth-order valence-electron chi connectivity index (χ4n) is 1.43. The molecule has 0 saturated carbocycles. The fourth-order valence-corrected chi connectivity index (χ4v) is 1.43. The van der Waals surface area contributed by atoms with Gasteiger partial charge in [-0.05, 0) is 24.3 Å². The second-order valence-electron chi connectivity index (χ2n) is 3.33. The van der Waals surface area contributed by atoms with Crippen LogP contribution in [0.5, 0.6) is 0 Å². The van der Waals surface area contributed by atoms with Crippen LogP contribution in [0.15, 0.2) is 28.7 Å². The lowest BCUT2D eigenvalue weighted by molar-refractivity contribution is -0.142. The van der Waals surface area contributed by atoms with Crippen molar-refractivity contribution in [1.82, 2.24) is 0 Å². The lowest BCUT2D eigenvalue weighted by Crippen LogP contribution is -2.21. The van der Waals surface area contributed by atoms with E-state index < -0.39 is 12.0 Å². The molecule has 16 heavy (non-hydrogen) atoms. The molecule has 1 aromatic carbocycles. The van der Waals surface area contributed by atoms with Crippen LogP contribution in [0.1, 0.15) is 11.8 Å². The molecule has 0 aliphatic carbocycles. The maximum Gasteiger partial charge on any atom is 0.330 e. The van der Waals surface area contributed by atoms with Crippen molar-refractivity contribution in [2.24, 2.45) is 5.73 Å². The highest BCUT2D eigenvalue weighted by molar-refractivity contribution is 5.82. The minimum Gasteiger partial charge on any atom is -0.468 e. The number of halogens is 1. The molecule has 84 valence electrons. The van der Waals surface area contributed by atoms with Crippen molar-refractivity contribution in [2.45, 2.75) is 6.04 Å². The topological polar surface area (TPSA) is 65.5 Å². The molecule has 0 aliphatic heterocycles. The van der Waals surface area contributed by atoms with Crippen LogP contribution in [0.25, 0.3) is 11.0 Å². The fraction of sp³-hybridized carbons (Fsp3) is 0.182. The van der Waals surface area contributed by atoms with Gasteiger partial charge in [0, 0.05) is 5.39 Å². The first-order valence-corrected chi connectivity index (χ1v) is 4.64. The Labute approximate surface area is 90.8 Å². The first-order valence-electron chi connectivity index (χ1n) is 4.64. The van der Waals surface area contributed by atoms with Crippen LogP contribution in [-0.4, -0.2) is 13.1 Å². The van der Waals surface area contributed by atoms with Crippen molar-refractivity contribution in [3.05, 3.63) is 35.8 Å². The number of furan rings is 1. The van der Waals surface area contributed by atoms with Gasteiger partial charge in [-0.15, -0.1) is 0 Å². The standard InChI is InChI=1S/C11H10FNO3/c1-15-11(14)10(13)9-5-6-4-7(12)2-3-8(6)16-9/h2-5,10H,13H2,1H3. The summed E-state index contributed by atoms with van der Waals surface area (Å²) in [5, 5.41) is 0.564. The summed E-state index contributed by atoms with van der Waals surface area (Å²) in [7, 11) is 1.24. The summed E-state index contributed by atoms with van der Waals surface area (Å²) in [5.74, 6) is -0.710. The lowest BCUT2D eigenvalue weighted by Gasteiger charge is -2.04. The number of carbonyl (C=O) groups excluding carboxylic acids is 1. The molecule has 1 unspecified atom stereocenters. The van der Waals surface area contributed by atoms with Gasteiger partial charge in [0.2, 0.25) is 0 Å². The third-order valence-corrected chi connectivity index (χ3v) is 2.26. The van der Waals surface area contributed by atoms with Gasteiger partial charge in [0.25, 0.3) is 0 Å². The Hall–Kier alpha value is -1.88. The zero-order valence-corrected chi connectivity index (χ0v) is 8.57.